The first kappa shape index (κ1) is 13.5. The van der Waals surface area contributed by atoms with E-state index in [0.29, 0.717) is 21.7 Å². The third kappa shape index (κ3) is 2.71. The second kappa shape index (κ2) is 5.50. The van der Waals surface area contributed by atoms with E-state index in [1.807, 2.05) is 0 Å². The SMILES string of the molecule is O=c1[nH]c(C=Cc2c(F)cccc2Cl)nc2ccccc12. The van der Waals surface area contributed by atoms with Crippen molar-refractivity contribution in [2.75, 3.05) is 0 Å². The molecule has 0 saturated heterocycles. The van der Waals surface area contributed by atoms with Crippen LogP contribution in [0.1, 0.15) is 11.4 Å². The van der Waals surface area contributed by atoms with E-state index in [2.05, 4.69) is 9.97 Å². The number of para-hydroxylation sites is 1. The van der Waals surface area contributed by atoms with Gasteiger partial charge >= 0.3 is 0 Å². The minimum absolute atomic E-state index is 0.236. The van der Waals surface area contributed by atoms with Crippen molar-refractivity contribution in [1.29, 1.82) is 0 Å². The van der Waals surface area contributed by atoms with Crippen LogP contribution < -0.4 is 5.56 Å². The van der Waals surface area contributed by atoms with E-state index < -0.39 is 5.82 Å². The summed E-state index contributed by atoms with van der Waals surface area (Å²) in [5.41, 5.74) is 0.607. The third-order valence-electron chi connectivity index (χ3n) is 3.04. The molecule has 0 unspecified atom stereocenters. The van der Waals surface area contributed by atoms with Crippen LogP contribution in [0.15, 0.2) is 47.3 Å². The van der Waals surface area contributed by atoms with Crippen LogP contribution in [0, 0.1) is 5.82 Å². The van der Waals surface area contributed by atoms with E-state index in [0.717, 1.165) is 0 Å². The molecular formula is C16H10ClFN2O. The number of nitrogens with one attached hydrogen (secondary N) is 1. The summed E-state index contributed by atoms with van der Waals surface area (Å²) in [6.07, 6.45) is 3.02. The topological polar surface area (TPSA) is 45.8 Å². The number of nitrogens with zero attached hydrogens (tertiary/aromatic N) is 1. The monoisotopic (exact) mass is 300 g/mol. The van der Waals surface area contributed by atoms with Crippen LogP contribution in [0.25, 0.3) is 23.1 Å². The Bertz CT molecular complexity index is 882. The number of rotatable bonds is 2. The van der Waals surface area contributed by atoms with Crippen LogP contribution in [0.4, 0.5) is 4.39 Å². The highest BCUT2D eigenvalue weighted by molar-refractivity contribution is 6.32. The van der Waals surface area contributed by atoms with Crippen molar-refractivity contribution in [3.8, 4) is 0 Å². The van der Waals surface area contributed by atoms with Crippen LogP contribution in [-0.4, -0.2) is 9.97 Å². The summed E-state index contributed by atoms with van der Waals surface area (Å²) in [6, 6.07) is 11.5. The van der Waals surface area contributed by atoms with Crippen molar-refractivity contribution in [1.82, 2.24) is 9.97 Å². The van der Waals surface area contributed by atoms with Gasteiger partial charge in [-0.05, 0) is 36.4 Å². The van der Waals surface area contributed by atoms with Crippen molar-refractivity contribution < 1.29 is 4.39 Å². The zero-order chi connectivity index (χ0) is 14.8. The van der Waals surface area contributed by atoms with E-state index in [9.17, 15) is 9.18 Å². The molecule has 1 aromatic heterocycles. The molecule has 2 aromatic carbocycles. The molecule has 1 heterocycles. The zero-order valence-corrected chi connectivity index (χ0v) is 11.6. The van der Waals surface area contributed by atoms with Crippen LogP contribution in [0.5, 0.6) is 0 Å². The summed E-state index contributed by atoms with van der Waals surface area (Å²) in [5, 5.41) is 0.813. The fourth-order valence-corrected chi connectivity index (χ4v) is 2.24. The van der Waals surface area contributed by atoms with E-state index >= 15 is 0 Å². The molecule has 0 atom stereocenters. The summed E-state index contributed by atoms with van der Waals surface area (Å²) >= 11 is 5.94. The molecule has 0 saturated carbocycles. The minimum Gasteiger partial charge on any atom is -0.306 e. The molecule has 0 aliphatic carbocycles. The molecule has 0 fully saturated rings. The fourth-order valence-electron chi connectivity index (χ4n) is 2.02. The summed E-state index contributed by atoms with van der Waals surface area (Å²) in [6.45, 7) is 0. The minimum atomic E-state index is -0.429. The molecule has 0 amide bonds. The van der Waals surface area contributed by atoms with Gasteiger partial charge in [-0.1, -0.05) is 29.8 Å². The van der Waals surface area contributed by atoms with Gasteiger partial charge in [-0.25, -0.2) is 9.37 Å². The number of halogens is 2. The Kier molecular flexibility index (Phi) is 3.54. The predicted molar refractivity (Wildman–Crippen MR) is 82.7 cm³/mol. The van der Waals surface area contributed by atoms with Gasteiger partial charge < -0.3 is 4.98 Å². The lowest BCUT2D eigenvalue weighted by Crippen LogP contribution is -2.09. The maximum Gasteiger partial charge on any atom is 0.259 e. The maximum absolute atomic E-state index is 13.7. The molecule has 3 aromatic rings. The number of hydrogen-bond acceptors (Lipinski definition) is 2. The van der Waals surface area contributed by atoms with Crippen molar-refractivity contribution in [2.24, 2.45) is 0 Å². The van der Waals surface area contributed by atoms with Crippen LogP contribution in [-0.2, 0) is 0 Å². The highest BCUT2D eigenvalue weighted by atomic mass is 35.5. The second-order valence-electron chi connectivity index (χ2n) is 4.44. The lowest BCUT2D eigenvalue weighted by atomic mass is 10.2. The first-order chi connectivity index (χ1) is 10.1. The van der Waals surface area contributed by atoms with E-state index in [4.69, 9.17) is 11.6 Å². The largest absolute Gasteiger partial charge is 0.306 e. The first-order valence-corrected chi connectivity index (χ1v) is 6.64. The van der Waals surface area contributed by atoms with Gasteiger partial charge in [0.25, 0.3) is 5.56 Å². The predicted octanol–water partition coefficient (Wildman–Crippen LogP) is 3.89. The number of aromatic nitrogens is 2. The van der Waals surface area contributed by atoms with Gasteiger partial charge in [-0.3, -0.25) is 4.79 Å². The highest BCUT2D eigenvalue weighted by Gasteiger charge is 2.04. The molecule has 104 valence electrons. The Hall–Kier alpha value is -2.46. The van der Waals surface area contributed by atoms with Gasteiger partial charge in [-0.15, -0.1) is 0 Å². The van der Waals surface area contributed by atoms with Crippen LogP contribution >= 0.6 is 11.6 Å². The number of fused-ring (bicyclic) bond motifs is 1. The second-order valence-corrected chi connectivity index (χ2v) is 4.84. The van der Waals surface area contributed by atoms with Gasteiger partial charge in [-0.2, -0.15) is 0 Å². The third-order valence-corrected chi connectivity index (χ3v) is 3.37. The molecule has 0 aliphatic rings. The van der Waals surface area contributed by atoms with Crippen molar-refractivity contribution >= 4 is 34.7 Å². The number of benzene rings is 2. The molecule has 0 spiro atoms. The summed E-state index contributed by atoms with van der Waals surface area (Å²) < 4.78 is 13.7. The quantitative estimate of drug-likeness (QED) is 0.780. The average molecular weight is 301 g/mol. The van der Waals surface area contributed by atoms with Gasteiger partial charge in [0, 0.05) is 5.56 Å². The maximum atomic E-state index is 13.7. The molecular weight excluding hydrogens is 291 g/mol. The van der Waals surface area contributed by atoms with Crippen molar-refractivity contribution in [3.63, 3.8) is 0 Å². The smallest absolute Gasteiger partial charge is 0.259 e. The zero-order valence-electron chi connectivity index (χ0n) is 10.8. The Labute approximate surface area is 124 Å². The molecule has 0 aliphatic heterocycles. The first-order valence-electron chi connectivity index (χ1n) is 6.26. The van der Waals surface area contributed by atoms with Gasteiger partial charge in [0.1, 0.15) is 11.6 Å². The standard InChI is InChI=1S/C16H10ClFN2O/c17-12-5-3-6-13(18)10(12)8-9-15-19-14-7-2-1-4-11(14)16(21)20-15/h1-9H,(H,19,20,21). The van der Waals surface area contributed by atoms with E-state index in [1.165, 1.54) is 24.3 Å². The summed E-state index contributed by atoms with van der Waals surface area (Å²) in [7, 11) is 0. The molecule has 0 radical (unpaired) electrons. The van der Waals surface area contributed by atoms with Crippen LogP contribution in [0.2, 0.25) is 5.02 Å². The lowest BCUT2D eigenvalue weighted by Gasteiger charge is -2.01. The number of aromatic amines is 1. The molecule has 21 heavy (non-hydrogen) atoms. The molecule has 1 N–H and O–H groups in total. The number of H-pyrrole nitrogens is 1. The summed E-state index contributed by atoms with van der Waals surface area (Å²) in [5.74, 6) is -0.0834. The van der Waals surface area contributed by atoms with Gasteiger partial charge in [0.05, 0.1) is 15.9 Å². The van der Waals surface area contributed by atoms with Gasteiger partial charge in [0.2, 0.25) is 0 Å². The molecule has 3 rings (SSSR count). The van der Waals surface area contributed by atoms with Crippen molar-refractivity contribution in [3.05, 3.63) is 75.0 Å². The highest BCUT2D eigenvalue weighted by Crippen LogP contribution is 2.21. The lowest BCUT2D eigenvalue weighted by molar-refractivity contribution is 0.625. The van der Waals surface area contributed by atoms with E-state index in [-0.39, 0.29) is 11.1 Å². The Balaban J connectivity index is 2.06. The Morgan fingerprint density at radius 2 is 1.90 bits per heavy atom. The van der Waals surface area contributed by atoms with E-state index in [1.54, 1.807) is 30.3 Å². The van der Waals surface area contributed by atoms with Crippen LogP contribution in [0.3, 0.4) is 0 Å². The van der Waals surface area contributed by atoms with Crippen molar-refractivity contribution in [2.45, 2.75) is 0 Å². The molecule has 0 bridgehead atoms. The average Bonchev–Trinajstić information content (AvgIpc) is 2.47. The summed E-state index contributed by atoms with van der Waals surface area (Å²) in [4.78, 5) is 18.9. The Morgan fingerprint density at radius 3 is 2.71 bits per heavy atom. The normalized spacial score (nSPS) is 11.3. The number of hydrogen-bond donors (Lipinski definition) is 1. The fraction of sp³-hybridized carbons (Fsp3) is 0. The van der Waals surface area contributed by atoms with Gasteiger partial charge in [0.15, 0.2) is 0 Å². The molecule has 5 heteroatoms. The Morgan fingerprint density at radius 1 is 1.10 bits per heavy atom. The molecule has 3 nitrogen and oxygen atoms in total.